The predicted molar refractivity (Wildman–Crippen MR) is 65.0 cm³/mol. The predicted octanol–water partition coefficient (Wildman–Crippen LogP) is 2.17. The van der Waals surface area contributed by atoms with E-state index in [1.54, 1.807) is 18.3 Å². The van der Waals surface area contributed by atoms with Crippen molar-refractivity contribution in [1.82, 2.24) is 9.55 Å². The molecular formula is C13H16FN3. The first-order chi connectivity index (χ1) is 8.09. The molecule has 1 atom stereocenters. The maximum Gasteiger partial charge on any atom is 0.126 e. The Labute approximate surface area is 100 Å². The van der Waals surface area contributed by atoms with Crippen molar-refractivity contribution in [1.29, 1.82) is 0 Å². The molecule has 2 rings (SSSR count). The van der Waals surface area contributed by atoms with E-state index < -0.39 is 0 Å². The summed E-state index contributed by atoms with van der Waals surface area (Å²) in [6.07, 6.45) is 2.23. The first-order valence-corrected chi connectivity index (χ1v) is 5.59. The molecule has 1 aromatic carbocycles. The summed E-state index contributed by atoms with van der Waals surface area (Å²) in [5.74, 6) is 0.625. The lowest BCUT2D eigenvalue weighted by molar-refractivity contribution is 0.608. The second kappa shape index (κ2) is 4.67. The van der Waals surface area contributed by atoms with Gasteiger partial charge in [-0.1, -0.05) is 18.2 Å². The van der Waals surface area contributed by atoms with E-state index in [1.807, 2.05) is 24.6 Å². The molecule has 2 aromatic rings. The monoisotopic (exact) mass is 233 g/mol. The van der Waals surface area contributed by atoms with Crippen molar-refractivity contribution in [2.45, 2.75) is 19.4 Å². The number of rotatable bonds is 3. The van der Waals surface area contributed by atoms with Crippen LogP contribution in [0.15, 0.2) is 30.5 Å². The smallest absolute Gasteiger partial charge is 0.126 e. The topological polar surface area (TPSA) is 43.8 Å². The van der Waals surface area contributed by atoms with E-state index in [0.29, 0.717) is 12.0 Å². The minimum atomic E-state index is -0.196. The van der Waals surface area contributed by atoms with E-state index in [9.17, 15) is 4.39 Å². The Morgan fingerprint density at radius 3 is 2.71 bits per heavy atom. The Hall–Kier alpha value is -1.68. The number of hydrogen-bond donors (Lipinski definition) is 1. The molecule has 0 fully saturated rings. The van der Waals surface area contributed by atoms with Gasteiger partial charge in [-0.25, -0.2) is 9.37 Å². The Morgan fingerprint density at radius 2 is 2.12 bits per heavy atom. The van der Waals surface area contributed by atoms with Crippen LogP contribution >= 0.6 is 0 Å². The molecule has 0 spiro atoms. The van der Waals surface area contributed by atoms with Crippen molar-refractivity contribution in [3.05, 3.63) is 53.4 Å². The number of imidazole rings is 1. The van der Waals surface area contributed by atoms with Gasteiger partial charge in [0.05, 0.1) is 11.9 Å². The van der Waals surface area contributed by atoms with Gasteiger partial charge in [0.2, 0.25) is 0 Å². The highest BCUT2D eigenvalue weighted by molar-refractivity contribution is 5.22. The average Bonchev–Trinajstić information content (AvgIpc) is 2.64. The fraction of sp³-hybridized carbons (Fsp3) is 0.308. The van der Waals surface area contributed by atoms with Crippen LogP contribution in [0.4, 0.5) is 4.39 Å². The Morgan fingerprint density at radius 1 is 1.41 bits per heavy atom. The Kier molecular flexibility index (Phi) is 3.24. The van der Waals surface area contributed by atoms with E-state index in [-0.39, 0.29) is 11.9 Å². The normalized spacial score (nSPS) is 12.7. The highest BCUT2D eigenvalue weighted by Crippen LogP contribution is 2.15. The number of benzene rings is 1. The first kappa shape index (κ1) is 11.8. The molecular weight excluding hydrogens is 217 g/mol. The molecule has 90 valence electrons. The maximum atomic E-state index is 13.5. The number of hydrogen-bond acceptors (Lipinski definition) is 2. The quantitative estimate of drug-likeness (QED) is 0.883. The van der Waals surface area contributed by atoms with Crippen molar-refractivity contribution in [3.63, 3.8) is 0 Å². The number of nitrogens with two attached hydrogens (primary N) is 1. The lowest BCUT2D eigenvalue weighted by atomic mass is 10.1. The third kappa shape index (κ3) is 2.36. The van der Waals surface area contributed by atoms with Crippen LogP contribution in [0.1, 0.15) is 30.0 Å². The van der Waals surface area contributed by atoms with Gasteiger partial charge in [-0.15, -0.1) is 0 Å². The van der Waals surface area contributed by atoms with Crippen molar-refractivity contribution in [2.75, 3.05) is 0 Å². The standard InChI is InChI=1S/C13H16FN3/c1-9(15)12-8-16-13(17(12)2)7-10-5-3-4-6-11(10)14/h3-6,8-9H,7,15H2,1-2H3. The van der Waals surface area contributed by atoms with Crippen LogP contribution < -0.4 is 5.73 Å². The molecule has 1 unspecified atom stereocenters. The largest absolute Gasteiger partial charge is 0.333 e. The van der Waals surface area contributed by atoms with Crippen LogP contribution in [0.5, 0.6) is 0 Å². The van der Waals surface area contributed by atoms with Crippen molar-refractivity contribution in [2.24, 2.45) is 12.8 Å². The molecule has 17 heavy (non-hydrogen) atoms. The zero-order chi connectivity index (χ0) is 12.4. The van der Waals surface area contributed by atoms with Crippen LogP contribution in [0, 0.1) is 5.82 Å². The summed E-state index contributed by atoms with van der Waals surface area (Å²) in [7, 11) is 1.90. The fourth-order valence-electron chi connectivity index (χ4n) is 1.86. The van der Waals surface area contributed by atoms with Gasteiger partial charge in [-0.05, 0) is 18.6 Å². The molecule has 4 heteroatoms. The molecule has 0 aliphatic rings. The average molecular weight is 233 g/mol. The number of aromatic nitrogens is 2. The molecule has 0 aliphatic heterocycles. The minimum absolute atomic E-state index is 0.0677. The fourth-order valence-corrected chi connectivity index (χ4v) is 1.86. The highest BCUT2D eigenvalue weighted by atomic mass is 19.1. The van der Waals surface area contributed by atoms with Gasteiger partial charge < -0.3 is 10.3 Å². The summed E-state index contributed by atoms with van der Waals surface area (Å²) in [5, 5.41) is 0. The SMILES string of the molecule is CC(N)c1cnc(Cc2ccccc2F)n1C. The van der Waals surface area contributed by atoms with E-state index in [4.69, 9.17) is 5.73 Å². The lowest BCUT2D eigenvalue weighted by Crippen LogP contribution is -2.11. The third-order valence-corrected chi connectivity index (χ3v) is 2.89. The van der Waals surface area contributed by atoms with Gasteiger partial charge in [0.25, 0.3) is 0 Å². The molecule has 0 saturated heterocycles. The minimum Gasteiger partial charge on any atom is -0.333 e. The first-order valence-electron chi connectivity index (χ1n) is 5.59. The molecule has 0 bridgehead atoms. The van der Waals surface area contributed by atoms with Gasteiger partial charge in [0.1, 0.15) is 11.6 Å². The number of halogens is 1. The molecule has 0 aliphatic carbocycles. The molecule has 0 saturated carbocycles. The summed E-state index contributed by atoms with van der Waals surface area (Å²) in [4.78, 5) is 4.29. The van der Waals surface area contributed by atoms with E-state index >= 15 is 0 Å². The number of nitrogens with zero attached hydrogens (tertiary/aromatic N) is 2. The van der Waals surface area contributed by atoms with Crippen molar-refractivity contribution < 1.29 is 4.39 Å². The summed E-state index contributed by atoms with van der Waals surface area (Å²) >= 11 is 0. The molecule has 3 nitrogen and oxygen atoms in total. The summed E-state index contributed by atoms with van der Waals surface area (Å²) in [6, 6.07) is 6.68. The molecule has 1 aromatic heterocycles. The lowest BCUT2D eigenvalue weighted by Gasteiger charge is -2.08. The second-order valence-corrected chi connectivity index (χ2v) is 4.22. The van der Waals surface area contributed by atoms with Crippen LogP contribution in [-0.2, 0) is 13.5 Å². The van der Waals surface area contributed by atoms with Crippen LogP contribution in [0.2, 0.25) is 0 Å². The molecule has 1 heterocycles. The molecule has 2 N–H and O–H groups in total. The van der Waals surface area contributed by atoms with Crippen LogP contribution in [0.25, 0.3) is 0 Å². The van der Waals surface area contributed by atoms with Gasteiger partial charge in [-0.2, -0.15) is 0 Å². The van der Waals surface area contributed by atoms with Gasteiger partial charge in [0, 0.05) is 19.5 Å². The highest BCUT2D eigenvalue weighted by Gasteiger charge is 2.11. The summed E-state index contributed by atoms with van der Waals surface area (Å²) in [6.45, 7) is 1.91. The molecule has 0 amide bonds. The van der Waals surface area contributed by atoms with Crippen LogP contribution in [-0.4, -0.2) is 9.55 Å². The van der Waals surface area contributed by atoms with Gasteiger partial charge in [0.15, 0.2) is 0 Å². The summed E-state index contributed by atoms with van der Waals surface area (Å²) in [5.41, 5.74) is 7.42. The molecule has 0 radical (unpaired) electrons. The van der Waals surface area contributed by atoms with Gasteiger partial charge >= 0.3 is 0 Å². The zero-order valence-corrected chi connectivity index (χ0v) is 10.0. The maximum absolute atomic E-state index is 13.5. The van der Waals surface area contributed by atoms with E-state index in [0.717, 1.165) is 11.5 Å². The van der Waals surface area contributed by atoms with E-state index in [1.165, 1.54) is 6.07 Å². The third-order valence-electron chi connectivity index (χ3n) is 2.89. The second-order valence-electron chi connectivity index (χ2n) is 4.22. The Balaban J connectivity index is 2.28. The zero-order valence-electron chi connectivity index (χ0n) is 10.0. The van der Waals surface area contributed by atoms with E-state index in [2.05, 4.69) is 4.98 Å². The van der Waals surface area contributed by atoms with Crippen LogP contribution in [0.3, 0.4) is 0 Å². The van der Waals surface area contributed by atoms with Gasteiger partial charge in [-0.3, -0.25) is 0 Å². The van der Waals surface area contributed by atoms with Crippen molar-refractivity contribution >= 4 is 0 Å². The Bertz CT molecular complexity index is 517. The summed E-state index contributed by atoms with van der Waals surface area (Å²) < 4.78 is 15.4. The van der Waals surface area contributed by atoms with Crippen molar-refractivity contribution in [3.8, 4) is 0 Å².